The summed E-state index contributed by atoms with van der Waals surface area (Å²) in [5.41, 5.74) is 0.853. The molecular weight excluding hydrogens is 324 g/mol. The number of rotatable bonds is 7. The van der Waals surface area contributed by atoms with Gasteiger partial charge in [0, 0.05) is 31.0 Å². The molecule has 1 aromatic rings. The van der Waals surface area contributed by atoms with Gasteiger partial charge in [-0.25, -0.2) is 8.42 Å². The van der Waals surface area contributed by atoms with E-state index in [4.69, 9.17) is 0 Å². The molecule has 1 aromatic carbocycles. The highest BCUT2D eigenvalue weighted by atomic mass is 32.2. The van der Waals surface area contributed by atoms with E-state index in [2.05, 4.69) is 12.2 Å². The molecule has 1 N–H and O–H groups in total. The molecule has 0 radical (unpaired) electrons. The SMILES string of the molecule is CCCCNC(=O)C1CCN(S(=O)(=O)C=Cc2ccccc2)CC1. The van der Waals surface area contributed by atoms with Gasteiger partial charge in [0.15, 0.2) is 0 Å². The van der Waals surface area contributed by atoms with Crippen molar-refractivity contribution in [1.82, 2.24) is 9.62 Å². The van der Waals surface area contributed by atoms with Gasteiger partial charge in [-0.2, -0.15) is 4.31 Å². The van der Waals surface area contributed by atoms with Crippen LogP contribution >= 0.6 is 0 Å². The monoisotopic (exact) mass is 350 g/mol. The minimum Gasteiger partial charge on any atom is -0.356 e. The van der Waals surface area contributed by atoms with Crippen LogP contribution in [0.4, 0.5) is 0 Å². The average Bonchev–Trinajstić information content (AvgIpc) is 2.61. The lowest BCUT2D eigenvalue weighted by atomic mass is 9.97. The predicted octanol–water partition coefficient (Wildman–Crippen LogP) is 2.62. The molecule has 0 unspecified atom stereocenters. The number of carbonyl (C=O) groups excluding carboxylic acids is 1. The molecule has 6 heteroatoms. The Morgan fingerprint density at radius 2 is 1.92 bits per heavy atom. The topological polar surface area (TPSA) is 66.5 Å². The van der Waals surface area contributed by atoms with Crippen molar-refractivity contribution in [1.29, 1.82) is 0 Å². The zero-order valence-electron chi connectivity index (χ0n) is 14.1. The van der Waals surface area contributed by atoms with Gasteiger partial charge in [0.2, 0.25) is 15.9 Å². The molecule has 5 nitrogen and oxygen atoms in total. The Kier molecular flexibility index (Phi) is 6.99. The Balaban J connectivity index is 1.86. The summed E-state index contributed by atoms with van der Waals surface area (Å²) < 4.78 is 26.2. The Bertz CT molecular complexity index is 648. The second-order valence-corrected chi connectivity index (χ2v) is 7.89. The molecule has 132 valence electrons. The van der Waals surface area contributed by atoms with Crippen molar-refractivity contribution in [2.45, 2.75) is 32.6 Å². The molecule has 24 heavy (non-hydrogen) atoms. The number of unbranched alkanes of at least 4 members (excludes halogenated alkanes) is 1. The fourth-order valence-corrected chi connectivity index (χ4v) is 3.94. The van der Waals surface area contributed by atoms with Crippen molar-refractivity contribution in [3.05, 3.63) is 41.3 Å². The van der Waals surface area contributed by atoms with Crippen molar-refractivity contribution < 1.29 is 13.2 Å². The fraction of sp³-hybridized carbons (Fsp3) is 0.500. The van der Waals surface area contributed by atoms with Crippen molar-refractivity contribution in [2.24, 2.45) is 5.92 Å². The van der Waals surface area contributed by atoms with Crippen molar-refractivity contribution in [3.8, 4) is 0 Å². The number of carbonyl (C=O) groups is 1. The van der Waals surface area contributed by atoms with Crippen LogP contribution in [0.2, 0.25) is 0 Å². The number of sulfonamides is 1. The molecule has 1 aliphatic heterocycles. The Morgan fingerprint density at radius 3 is 2.54 bits per heavy atom. The third-order valence-corrected chi connectivity index (χ3v) is 5.81. The first-order chi connectivity index (χ1) is 11.5. The summed E-state index contributed by atoms with van der Waals surface area (Å²) >= 11 is 0. The van der Waals surface area contributed by atoms with E-state index >= 15 is 0 Å². The summed E-state index contributed by atoms with van der Waals surface area (Å²) in [6.45, 7) is 3.58. The minimum absolute atomic E-state index is 0.0559. The van der Waals surface area contributed by atoms with E-state index in [1.54, 1.807) is 6.08 Å². The number of nitrogens with one attached hydrogen (secondary N) is 1. The Morgan fingerprint density at radius 1 is 1.25 bits per heavy atom. The van der Waals surface area contributed by atoms with Gasteiger partial charge in [-0.15, -0.1) is 0 Å². The maximum atomic E-state index is 12.4. The average molecular weight is 350 g/mol. The second kappa shape index (κ2) is 8.99. The van der Waals surface area contributed by atoms with E-state index in [1.807, 2.05) is 30.3 Å². The van der Waals surface area contributed by atoms with Gasteiger partial charge in [0.25, 0.3) is 0 Å². The van der Waals surface area contributed by atoms with Crippen LogP contribution in [0.15, 0.2) is 35.7 Å². The van der Waals surface area contributed by atoms with Crippen LogP contribution in [0.3, 0.4) is 0 Å². The first-order valence-electron chi connectivity index (χ1n) is 8.54. The quantitative estimate of drug-likeness (QED) is 0.769. The summed E-state index contributed by atoms with van der Waals surface area (Å²) in [6.07, 6.45) is 4.79. The summed E-state index contributed by atoms with van der Waals surface area (Å²) in [7, 11) is -3.43. The van der Waals surface area contributed by atoms with E-state index in [-0.39, 0.29) is 11.8 Å². The van der Waals surface area contributed by atoms with Crippen LogP contribution in [0.25, 0.3) is 6.08 Å². The van der Waals surface area contributed by atoms with Crippen LogP contribution in [0.5, 0.6) is 0 Å². The van der Waals surface area contributed by atoms with Gasteiger partial charge >= 0.3 is 0 Å². The van der Waals surface area contributed by atoms with Crippen LogP contribution in [-0.4, -0.2) is 38.3 Å². The fourth-order valence-electron chi connectivity index (χ4n) is 2.72. The molecule has 0 spiro atoms. The van der Waals surface area contributed by atoms with Crippen molar-refractivity contribution in [2.75, 3.05) is 19.6 Å². The normalized spacial score (nSPS) is 17.2. The van der Waals surface area contributed by atoms with Gasteiger partial charge in [-0.1, -0.05) is 43.7 Å². The molecular formula is C18H26N2O3S. The number of piperidine rings is 1. The minimum atomic E-state index is -3.43. The molecule has 0 aliphatic carbocycles. The van der Waals surface area contributed by atoms with E-state index in [0.29, 0.717) is 32.5 Å². The highest BCUT2D eigenvalue weighted by Crippen LogP contribution is 2.21. The summed E-state index contributed by atoms with van der Waals surface area (Å²) in [5.74, 6) is -0.0215. The smallest absolute Gasteiger partial charge is 0.236 e. The van der Waals surface area contributed by atoms with Crippen LogP contribution in [0, 0.1) is 5.92 Å². The molecule has 1 heterocycles. The number of hydrogen-bond acceptors (Lipinski definition) is 3. The number of nitrogens with zero attached hydrogens (tertiary/aromatic N) is 1. The van der Waals surface area contributed by atoms with Gasteiger partial charge in [-0.05, 0) is 30.9 Å². The zero-order chi connectivity index (χ0) is 17.4. The van der Waals surface area contributed by atoms with Crippen molar-refractivity contribution in [3.63, 3.8) is 0 Å². The summed E-state index contributed by atoms with van der Waals surface area (Å²) in [6, 6.07) is 9.35. The molecule has 1 amide bonds. The van der Waals surface area contributed by atoms with E-state index < -0.39 is 10.0 Å². The largest absolute Gasteiger partial charge is 0.356 e. The molecule has 0 bridgehead atoms. The van der Waals surface area contributed by atoms with Crippen LogP contribution in [-0.2, 0) is 14.8 Å². The number of benzene rings is 1. The van der Waals surface area contributed by atoms with E-state index in [9.17, 15) is 13.2 Å². The summed E-state index contributed by atoms with van der Waals surface area (Å²) in [5, 5.41) is 4.19. The second-order valence-electron chi connectivity index (χ2n) is 6.08. The van der Waals surface area contributed by atoms with Gasteiger partial charge in [0.1, 0.15) is 0 Å². The Labute approximate surface area is 144 Å². The Hall–Kier alpha value is -1.66. The highest BCUT2D eigenvalue weighted by Gasteiger charge is 2.29. The third-order valence-electron chi connectivity index (χ3n) is 4.25. The van der Waals surface area contributed by atoms with E-state index in [1.165, 1.54) is 9.71 Å². The first kappa shape index (κ1) is 18.7. The zero-order valence-corrected chi connectivity index (χ0v) is 15.0. The maximum absolute atomic E-state index is 12.4. The third kappa shape index (κ3) is 5.46. The molecule has 1 fully saturated rings. The maximum Gasteiger partial charge on any atom is 0.236 e. The predicted molar refractivity (Wildman–Crippen MR) is 96.6 cm³/mol. The molecule has 1 aliphatic rings. The number of amides is 1. The molecule has 0 atom stereocenters. The standard InChI is InChI=1S/C18H26N2O3S/c1-2-3-12-19-18(21)17-9-13-20(14-10-17)24(22,23)15-11-16-7-5-4-6-8-16/h4-8,11,15,17H,2-3,9-10,12-14H2,1H3,(H,19,21). The highest BCUT2D eigenvalue weighted by molar-refractivity contribution is 7.92. The first-order valence-corrected chi connectivity index (χ1v) is 10.0. The van der Waals surface area contributed by atoms with Crippen molar-refractivity contribution >= 4 is 22.0 Å². The van der Waals surface area contributed by atoms with Crippen LogP contribution < -0.4 is 5.32 Å². The molecule has 1 saturated heterocycles. The van der Waals surface area contributed by atoms with E-state index in [0.717, 1.165) is 18.4 Å². The lowest BCUT2D eigenvalue weighted by molar-refractivity contribution is -0.126. The van der Waals surface area contributed by atoms with Gasteiger partial charge < -0.3 is 5.32 Å². The lowest BCUT2D eigenvalue weighted by Gasteiger charge is -2.29. The van der Waals surface area contributed by atoms with Gasteiger partial charge in [-0.3, -0.25) is 4.79 Å². The van der Waals surface area contributed by atoms with Crippen LogP contribution in [0.1, 0.15) is 38.2 Å². The molecule has 2 rings (SSSR count). The molecule has 0 saturated carbocycles. The van der Waals surface area contributed by atoms with Gasteiger partial charge in [0.05, 0.1) is 0 Å². The number of hydrogen-bond donors (Lipinski definition) is 1. The molecule has 0 aromatic heterocycles. The lowest BCUT2D eigenvalue weighted by Crippen LogP contribution is -2.42. The summed E-state index contributed by atoms with van der Waals surface area (Å²) in [4.78, 5) is 12.0.